The third-order valence-corrected chi connectivity index (χ3v) is 3.18. The van der Waals surface area contributed by atoms with Crippen LogP contribution in [0.5, 0.6) is 0 Å². The lowest BCUT2D eigenvalue weighted by Crippen LogP contribution is -2.28. The second-order valence-electron chi connectivity index (χ2n) is 4.46. The highest BCUT2D eigenvalue weighted by Gasteiger charge is 2.16. The molecule has 3 heteroatoms. The monoisotopic (exact) mass is 264 g/mol. The minimum atomic E-state index is -0.631. The molecule has 0 saturated heterocycles. The second-order valence-corrected chi connectivity index (χ2v) is 4.46. The van der Waals surface area contributed by atoms with Gasteiger partial charge in [0, 0.05) is 5.56 Å². The molecule has 1 atom stereocenters. The number of nitriles is 1. The van der Waals surface area contributed by atoms with E-state index >= 15 is 0 Å². The zero-order valence-corrected chi connectivity index (χ0v) is 11.3. The predicted octanol–water partition coefficient (Wildman–Crippen LogP) is 3.24. The highest BCUT2D eigenvalue weighted by atomic mass is 16.1. The highest BCUT2D eigenvalue weighted by Crippen LogP contribution is 2.14. The molecule has 3 nitrogen and oxygen atoms in total. The van der Waals surface area contributed by atoms with Crippen LogP contribution in [-0.4, -0.2) is 5.91 Å². The Kier molecular flexibility index (Phi) is 4.52. The van der Waals surface area contributed by atoms with Crippen LogP contribution in [0.1, 0.15) is 34.5 Å². The summed E-state index contributed by atoms with van der Waals surface area (Å²) >= 11 is 0. The van der Waals surface area contributed by atoms with E-state index in [4.69, 9.17) is 0 Å². The van der Waals surface area contributed by atoms with Crippen molar-refractivity contribution in [2.75, 3.05) is 0 Å². The van der Waals surface area contributed by atoms with Crippen LogP contribution in [0.4, 0.5) is 0 Å². The van der Waals surface area contributed by atoms with Gasteiger partial charge in [-0.25, -0.2) is 0 Å². The molecular weight excluding hydrogens is 248 g/mol. The lowest BCUT2D eigenvalue weighted by molar-refractivity contribution is 0.0944. The average molecular weight is 264 g/mol. The molecule has 20 heavy (non-hydrogen) atoms. The van der Waals surface area contributed by atoms with Crippen LogP contribution in [-0.2, 0) is 6.42 Å². The van der Waals surface area contributed by atoms with E-state index in [1.807, 2.05) is 55.5 Å². The molecule has 0 fully saturated rings. The quantitative estimate of drug-likeness (QED) is 0.921. The maximum Gasteiger partial charge on any atom is 0.252 e. The van der Waals surface area contributed by atoms with Crippen LogP contribution < -0.4 is 5.32 Å². The van der Waals surface area contributed by atoms with E-state index in [0.717, 1.165) is 17.5 Å². The van der Waals surface area contributed by atoms with Gasteiger partial charge in [0.15, 0.2) is 0 Å². The fourth-order valence-corrected chi connectivity index (χ4v) is 2.09. The summed E-state index contributed by atoms with van der Waals surface area (Å²) in [6.45, 7) is 2.01. The predicted molar refractivity (Wildman–Crippen MR) is 78.1 cm³/mol. The Morgan fingerprint density at radius 3 is 2.45 bits per heavy atom. The third kappa shape index (κ3) is 3.04. The number of amides is 1. The zero-order valence-electron chi connectivity index (χ0n) is 11.3. The van der Waals surface area contributed by atoms with Gasteiger partial charge in [-0.2, -0.15) is 5.26 Å². The Bertz CT molecular complexity index is 629. The molecule has 2 aromatic rings. The lowest BCUT2D eigenvalue weighted by Gasteiger charge is -2.13. The van der Waals surface area contributed by atoms with E-state index in [-0.39, 0.29) is 5.91 Å². The Morgan fingerprint density at radius 2 is 1.80 bits per heavy atom. The standard InChI is InChI=1S/C17H16N2O/c1-2-13-8-6-7-11-15(13)17(20)19-16(12-18)14-9-4-3-5-10-14/h3-11,16H,2H2,1H3,(H,19,20). The van der Waals surface area contributed by atoms with Crippen LogP contribution in [0.2, 0.25) is 0 Å². The lowest BCUT2D eigenvalue weighted by atomic mass is 10.0. The Morgan fingerprint density at radius 1 is 1.15 bits per heavy atom. The molecule has 0 radical (unpaired) electrons. The van der Waals surface area contributed by atoms with E-state index in [1.165, 1.54) is 0 Å². The second kappa shape index (κ2) is 6.53. The van der Waals surface area contributed by atoms with Gasteiger partial charge in [-0.1, -0.05) is 55.5 Å². The average Bonchev–Trinajstić information content (AvgIpc) is 2.53. The van der Waals surface area contributed by atoms with Crippen molar-refractivity contribution < 1.29 is 4.79 Å². The SMILES string of the molecule is CCc1ccccc1C(=O)NC(C#N)c1ccccc1. The van der Waals surface area contributed by atoms with Gasteiger partial charge in [0.05, 0.1) is 6.07 Å². The summed E-state index contributed by atoms with van der Waals surface area (Å²) in [6.07, 6.45) is 0.784. The minimum absolute atomic E-state index is 0.210. The van der Waals surface area contributed by atoms with Gasteiger partial charge >= 0.3 is 0 Å². The van der Waals surface area contributed by atoms with Gasteiger partial charge in [0.2, 0.25) is 0 Å². The van der Waals surface area contributed by atoms with Crippen molar-refractivity contribution in [2.24, 2.45) is 0 Å². The first-order valence-electron chi connectivity index (χ1n) is 6.59. The van der Waals surface area contributed by atoms with E-state index < -0.39 is 6.04 Å². The van der Waals surface area contributed by atoms with Crippen LogP contribution >= 0.6 is 0 Å². The van der Waals surface area contributed by atoms with Crippen LogP contribution in [0, 0.1) is 11.3 Å². The number of rotatable bonds is 4. The molecular formula is C17H16N2O. The summed E-state index contributed by atoms with van der Waals surface area (Å²) in [5.41, 5.74) is 2.40. The number of hydrogen-bond acceptors (Lipinski definition) is 2. The zero-order chi connectivity index (χ0) is 14.4. The number of benzene rings is 2. The number of carbonyl (C=O) groups excluding carboxylic acids is 1. The van der Waals surface area contributed by atoms with Crippen molar-refractivity contribution in [1.29, 1.82) is 5.26 Å². The number of aryl methyl sites for hydroxylation is 1. The molecule has 0 bridgehead atoms. The number of nitrogens with zero attached hydrogens (tertiary/aromatic N) is 1. The van der Waals surface area contributed by atoms with E-state index in [2.05, 4.69) is 11.4 Å². The molecule has 0 spiro atoms. The molecule has 1 N–H and O–H groups in total. The minimum Gasteiger partial charge on any atom is -0.332 e. The van der Waals surface area contributed by atoms with E-state index in [9.17, 15) is 10.1 Å². The van der Waals surface area contributed by atoms with Gasteiger partial charge in [0.25, 0.3) is 5.91 Å². The number of hydrogen-bond donors (Lipinski definition) is 1. The molecule has 2 aromatic carbocycles. The summed E-state index contributed by atoms with van der Waals surface area (Å²) < 4.78 is 0. The van der Waals surface area contributed by atoms with Crippen molar-refractivity contribution in [1.82, 2.24) is 5.32 Å². The Labute approximate surface area is 118 Å². The molecule has 0 aromatic heterocycles. The summed E-state index contributed by atoms with van der Waals surface area (Å²) in [5.74, 6) is -0.210. The first kappa shape index (κ1) is 13.8. The third-order valence-electron chi connectivity index (χ3n) is 3.18. The van der Waals surface area contributed by atoms with Crippen LogP contribution in [0.15, 0.2) is 54.6 Å². The van der Waals surface area contributed by atoms with Crippen molar-refractivity contribution in [3.8, 4) is 6.07 Å². The van der Waals surface area contributed by atoms with Gasteiger partial charge < -0.3 is 5.32 Å². The molecule has 0 heterocycles. The Balaban J connectivity index is 2.20. The molecule has 0 aliphatic heterocycles. The van der Waals surface area contributed by atoms with E-state index in [1.54, 1.807) is 6.07 Å². The normalized spacial score (nSPS) is 11.4. The number of carbonyl (C=O) groups is 1. The first-order chi connectivity index (χ1) is 9.76. The molecule has 0 aliphatic rings. The van der Waals surface area contributed by atoms with Gasteiger partial charge in [-0.05, 0) is 23.6 Å². The largest absolute Gasteiger partial charge is 0.332 e. The maximum absolute atomic E-state index is 12.3. The van der Waals surface area contributed by atoms with E-state index in [0.29, 0.717) is 5.56 Å². The topological polar surface area (TPSA) is 52.9 Å². The Hall–Kier alpha value is -2.60. The molecule has 1 unspecified atom stereocenters. The van der Waals surface area contributed by atoms with Gasteiger partial charge in [0.1, 0.15) is 6.04 Å². The fourth-order valence-electron chi connectivity index (χ4n) is 2.09. The number of nitrogens with one attached hydrogen (secondary N) is 1. The van der Waals surface area contributed by atoms with Gasteiger partial charge in [-0.3, -0.25) is 4.79 Å². The van der Waals surface area contributed by atoms with Crippen molar-refractivity contribution in [3.05, 3.63) is 71.3 Å². The summed E-state index contributed by atoms with van der Waals surface area (Å²) in [5, 5.41) is 12.0. The van der Waals surface area contributed by atoms with Gasteiger partial charge in [-0.15, -0.1) is 0 Å². The molecule has 0 aliphatic carbocycles. The van der Waals surface area contributed by atoms with Crippen LogP contribution in [0.3, 0.4) is 0 Å². The van der Waals surface area contributed by atoms with Crippen molar-refractivity contribution >= 4 is 5.91 Å². The molecule has 100 valence electrons. The fraction of sp³-hybridized carbons (Fsp3) is 0.176. The molecule has 2 rings (SSSR count). The van der Waals surface area contributed by atoms with Crippen LogP contribution in [0.25, 0.3) is 0 Å². The summed E-state index contributed by atoms with van der Waals surface area (Å²) in [4.78, 5) is 12.3. The molecule has 0 saturated carbocycles. The van der Waals surface area contributed by atoms with Crippen molar-refractivity contribution in [2.45, 2.75) is 19.4 Å². The smallest absolute Gasteiger partial charge is 0.252 e. The molecule has 1 amide bonds. The summed E-state index contributed by atoms with van der Waals surface area (Å²) in [7, 11) is 0. The highest BCUT2D eigenvalue weighted by molar-refractivity contribution is 5.96. The summed E-state index contributed by atoms with van der Waals surface area (Å²) in [6, 6.07) is 18.2. The first-order valence-corrected chi connectivity index (χ1v) is 6.59. The maximum atomic E-state index is 12.3. The van der Waals surface area contributed by atoms with Crippen molar-refractivity contribution in [3.63, 3.8) is 0 Å².